The van der Waals surface area contributed by atoms with Gasteiger partial charge in [-0.2, -0.15) is 0 Å². The summed E-state index contributed by atoms with van der Waals surface area (Å²) in [6.45, 7) is 3.91. The number of hydrogen-bond donors (Lipinski definition) is 0. The minimum Gasteiger partial charge on any atom is -0.456 e. The van der Waals surface area contributed by atoms with Crippen LogP contribution in [0.5, 0.6) is 0 Å². The molecule has 0 radical (unpaired) electrons. The highest BCUT2D eigenvalue weighted by Crippen LogP contribution is 2.20. The standard InChI is InChI=1S/C18H20O2/c1-18(2,14-13-15-9-5-3-6-10-15)20-17(19)16-11-7-4-8-12-16/h3-12H,13-14H2,1-2H3. The zero-order chi connectivity index (χ0) is 14.4. The van der Waals surface area contributed by atoms with Gasteiger partial charge < -0.3 is 4.74 Å². The molecule has 2 heteroatoms. The Bertz CT molecular complexity index is 544. The molecule has 0 spiro atoms. The fourth-order valence-electron chi connectivity index (χ4n) is 2.03. The van der Waals surface area contributed by atoms with Crippen LogP contribution < -0.4 is 0 Å². The molecule has 2 nitrogen and oxygen atoms in total. The highest BCUT2D eigenvalue weighted by Gasteiger charge is 2.23. The first-order valence-corrected chi connectivity index (χ1v) is 6.89. The summed E-state index contributed by atoms with van der Waals surface area (Å²) in [6, 6.07) is 19.4. The normalized spacial score (nSPS) is 11.1. The predicted octanol–water partition coefficient (Wildman–Crippen LogP) is 4.25. The molecular formula is C18H20O2. The molecule has 0 heterocycles. The first kappa shape index (κ1) is 14.3. The molecule has 0 aliphatic carbocycles. The number of ether oxygens (including phenoxy) is 1. The molecule has 2 aromatic carbocycles. The van der Waals surface area contributed by atoms with E-state index in [4.69, 9.17) is 4.74 Å². The summed E-state index contributed by atoms with van der Waals surface area (Å²) in [5.74, 6) is -0.260. The summed E-state index contributed by atoms with van der Waals surface area (Å²) in [4.78, 5) is 12.0. The van der Waals surface area contributed by atoms with E-state index < -0.39 is 5.60 Å². The largest absolute Gasteiger partial charge is 0.456 e. The van der Waals surface area contributed by atoms with Crippen molar-refractivity contribution in [3.63, 3.8) is 0 Å². The summed E-state index contributed by atoms with van der Waals surface area (Å²) in [6.07, 6.45) is 1.70. The van der Waals surface area contributed by atoms with Crippen molar-refractivity contribution in [2.24, 2.45) is 0 Å². The van der Waals surface area contributed by atoms with Gasteiger partial charge in [0.05, 0.1) is 5.56 Å². The van der Waals surface area contributed by atoms with Crippen LogP contribution in [0.4, 0.5) is 0 Å². The molecule has 2 rings (SSSR count). The van der Waals surface area contributed by atoms with E-state index in [1.54, 1.807) is 12.1 Å². The topological polar surface area (TPSA) is 26.3 Å². The Kier molecular flexibility index (Phi) is 4.57. The fraction of sp³-hybridized carbons (Fsp3) is 0.278. The Morgan fingerprint density at radius 2 is 1.50 bits per heavy atom. The second-order valence-corrected chi connectivity index (χ2v) is 5.50. The molecule has 0 fully saturated rings. The fourth-order valence-corrected chi connectivity index (χ4v) is 2.03. The van der Waals surface area contributed by atoms with E-state index in [0.29, 0.717) is 5.56 Å². The lowest BCUT2D eigenvalue weighted by atomic mass is 9.98. The molecule has 0 saturated carbocycles. The van der Waals surface area contributed by atoms with Crippen molar-refractivity contribution in [2.45, 2.75) is 32.3 Å². The first-order valence-electron chi connectivity index (χ1n) is 6.89. The molecule has 0 bridgehead atoms. The van der Waals surface area contributed by atoms with Crippen LogP contribution in [0.15, 0.2) is 60.7 Å². The van der Waals surface area contributed by atoms with Gasteiger partial charge in [-0.1, -0.05) is 48.5 Å². The van der Waals surface area contributed by atoms with E-state index in [9.17, 15) is 4.79 Å². The van der Waals surface area contributed by atoms with Crippen LogP contribution in [-0.4, -0.2) is 11.6 Å². The highest BCUT2D eigenvalue weighted by molar-refractivity contribution is 5.89. The third kappa shape index (κ3) is 4.23. The van der Waals surface area contributed by atoms with Gasteiger partial charge in [0, 0.05) is 0 Å². The molecule has 20 heavy (non-hydrogen) atoms. The van der Waals surface area contributed by atoms with E-state index in [1.165, 1.54) is 5.56 Å². The summed E-state index contributed by atoms with van der Waals surface area (Å²) >= 11 is 0. The number of aryl methyl sites for hydroxylation is 1. The van der Waals surface area contributed by atoms with Crippen molar-refractivity contribution < 1.29 is 9.53 Å². The number of rotatable bonds is 5. The van der Waals surface area contributed by atoms with Crippen molar-refractivity contribution in [3.8, 4) is 0 Å². The smallest absolute Gasteiger partial charge is 0.338 e. The third-order valence-electron chi connectivity index (χ3n) is 3.24. The second kappa shape index (κ2) is 6.38. The molecular weight excluding hydrogens is 248 g/mol. The lowest BCUT2D eigenvalue weighted by molar-refractivity contribution is -0.00433. The van der Waals surface area contributed by atoms with Crippen LogP contribution in [0.3, 0.4) is 0 Å². The first-order chi connectivity index (χ1) is 9.57. The monoisotopic (exact) mass is 268 g/mol. The van der Waals surface area contributed by atoms with Gasteiger partial charge in [0.2, 0.25) is 0 Å². The van der Waals surface area contributed by atoms with Gasteiger partial charge in [0.15, 0.2) is 0 Å². The number of benzene rings is 2. The van der Waals surface area contributed by atoms with Crippen LogP contribution in [0.2, 0.25) is 0 Å². The maximum Gasteiger partial charge on any atom is 0.338 e. The zero-order valence-electron chi connectivity index (χ0n) is 12.0. The molecule has 0 saturated heterocycles. The van der Waals surface area contributed by atoms with Crippen LogP contribution in [0, 0.1) is 0 Å². The zero-order valence-corrected chi connectivity index (χ0v) is 12.0. The molecule has 0 aliphatic rings. The Morgan fingerprint density at radius 1 is 0.950 bits per heavy atom. The summed E-state index contributed by atoms with van der Waals surface area (Å²) in [5.41, 5.74) is 1.39. The maximum atomic E-state index is 12.0. The molecule has 0 N–H and O–H groups in total. The minimum atomic E-state index is -0.469. The van der Waals surface area contributed by atoms with Gasteiger partial charge in [0.25, 0.3) is 0 Å². The van der Waals surface area contributed by atoms with Crippen LogP contribution in [0.1, 0.15) is 36.2 Å². The number of carbonyl (C=O) groups is 1. The van der Waals surface area contributed by atoms with E-state index >= 15 is 0 Å². The lowest BCUT2D eigenvalue weighted by Gasteiger charge is -2.25. The van der Waals surface area contributed by atoms with Gasteiger partial charge in [-0.25, -0.2) is 4.79 Å². The average molecular weight is 268 g/mol. The van der Waals surface area contributed by atoms with Gasteiger partial charge in [-0.05, 0) is 44.4 Å². The molecule has 0 unspecified atom stereocenters. The van der Waals surface area contributed by atoms with E-state index in [2.05, 4.69) is 12.1 Å². The number of esters is 1. The van der Waals surface area contributed by atoms with Crippen molar-refractivity contribution in [1.82, 2.24) is 0 Å². The molecule has 104 valence electrons. The van der Waals surface area contributed by atoms with Gasteiger partial charge in [-0.3, -0.25) is 0 Å². The SMILES string of the molecule is CC(C)(CCc1ccccc1)OC(=O)c1ccccc1. The van der Waals surface area contributed by atoms with Crippen molar-refractivity contribution in [3.05, 3.63) is 71.8 Å². The Balaban J connectivity index is 1.92. The molecule has 0 aromatic heterocycles. The Labute approximate surface area is 120 Å². The second-order valence-electron chi connectivity index (χ2n) is 5.50. The van der Waals surface area contributed by atoms with Crippen molar-refractivity contribution >= 4 is 5.97 Å². The van der Waals surface area contributed by atoms with Crippen LogP contribution >= 0.6 is 0 Å². The maximum absolute atomic E-state index is 12.0. The summed E-state index contributed by atoms with van der Waals surface area (Å²) < 4.78 is 5.61. The summed E-state index contributed by atoms with van der Waals surface area (Å²) in [5, 5.41) is 0. The van der Waals surface area contributed by atoms with E-state index in [0.717, 1.165) is 12.8 Å². The quantitative estimate of drug-likeness (QED) is 0.758. The van der Waals surface area contributed by atoms with Crippen molar-refractivity contribution in [2.75, 3.05) is 0 Å². The highest BCUT2D eigenvalue weighted by atomic mass is 16.6. The average Bonchev–Trinajstić information content (AvgIpc) is 2.47. The van der Waals surface area contributed by atoms with E-state index in [-0.39, 0.29) is 5.97 Å². The minimum absolute atomic E-state index is 0.260. The number of hydrogen-bond acceptors (Lipinski definition) is 2. The van der Waals surface area contributed by atoms with Gasteiger partial charge >= 0.3 is 5.97 Å². The van der Waals surface area contributed by atoms with Gasteiger partial charge in [0.1, 0.15) is 5.60 Å². The molecule has 2 aromatic rings. The Morgan fingerprint density at radius 3 is 2.10 bits per heavy atom. The summed E-state index contributed by atoms with van der Waals surface area (Å²) in [7, 11) is 0. The number of carbonyl (C=O) groups excluding carboxylic acids is 1. The van der Waals surface area contributed by atoms with Gasteiger partial charge in [-0.15, -0.1) is 0 Å². The lowest BCUT2D eigenvalue weighted by Crippen LogP contribution is -2.28. The third-order valence-corrected chi connectivity index (χ3v) is 3.24. The van der Waals surface area contributed by atoms with Crippen LogP contribution in [0.25, 0.3) is 0 Å². The molecule has 0 aliphatic heterocycles. The van der Waals surface area contributed by atoms with Crippen molar-refractivity contribution in [1.29, 1.82) is 0 Å². The molecule has 0 amide bonds. The predicted molar refractivity (Wildman–Crippen MR) is 80.7 cm³/mol. The molecule has 0 atom stereocenters. The Hall–Kier alpha value is -2.09. The van der Waals surface area contributed by atoms with E-state index in [1.807, 2.05) is 50.2 Å². The van der Waals surface area contributed by atoms with Crippen LogP contribution in [-0.2, 0) is 11.2 Å².